The van der Waals surface area contributed by atoms with Gasteiger partial charge < -0.3 is 4.74 Å². The Bertz CT molecular complexity index is 924. The molecule has 0 radical (unpaired) electrons. The summed E-state index contributed by atoms with van der Waals surface area (Å²) in [6.45, 7) is 15.1. The Morgan fingerprint density at radius 1 is 1.04 bits per heavy atom. The van der Waals surface area contributed by atoms with E-state index < -0.39 is 17.2 Å². The molecule has 0 aliphatic heterocycles. The Hall–Kier alpha value is -2.42. The summed E-state index contributed by atoms with van der Waals surface area (Å²) in [5, 5.41) is 0. The quantitative estimate of drug-likeness (QED) is 0.366. The molecule has 1 atom stereocenters. The molecule has 0 fully saturated rings. The van der Waals surface area contributed by atoms with Gasteiger partial charge in [0.2, 0.25) is 0 Å². The molecule has 1 unspecified atom stereocenters. The van der Waals surface area contributed by atoms with Crippen molar-refractivity contribution in [2.75, 3.05) is 0 Å². The molecule has 148 valence electrons. The minimum Gasteiger partial charge on any atom is -0.424 e. The molecule has 28 heavy (non-hydrogen) atoms. The summed E-state index contributed by atoms with van der Waals surface area (Å²) >= 11 is 0. The van der Waals surface area contributed by atoms with Crippen LogP contribution in [0.5, 0.6) is 0 Å². The van der Waals surface area contributed by atoms with Crippen LogP contribution in [0.25, 0.3) is 0 Å². The zero-order chi connectivity index (χ0) is 20.9. The maximum atomic E-state index is 12.6. The summed E-state index contributed by atoms with van der Waals surface area (Å²) in [7, 11) is 0. The maximum absolute atomic E-state index is 12.6. The van der Waals surface area contributed by atoms with Gasteiger partial charge in [-0.3, -0.25) is 4.79 Å². The highest BCUT2D eigenvalue weighted by atomic mass is 16.5. The lowest BCUT2D eigenvalue weighted by Gasteiger charge is -2.47. The summed E-state index contributed by atoms with van der Waals surface area (Å²) in [5.74, 6) is -0.321. The van der Waals surface area contributed by atoms with E-state index >= 15 is 0 Å². The number of hydrogen-bond donors (Lipinski definition) is 0. The largest absolute Gasteiger partial charge is 0.424 e. The zero-order valence-electron chi connectivity index (χ0n) is 18.0. The lowest BCUT2D eigenvalue weighted by Crippen LogP contribution is -2.37. The van der Waals surface area contributed by atoms with Crippen molar-refractivity contribution in [1.29, 1.82) is 0 Å². The Labute approximate surface area is 168 Å². The smallest absolute Gasteiger partial charge is 0.384 e. The number of carbonyl (C=O) groups is 2. The first-order valence-corrected chi connectivity index (χ1v) is 9.95. The second-order valence-electron chi connectivity index (χ2n) is 9.14. The third kappa shape index (κ3) is 3.07. The molecular formula is C25H30O3. The Kier molecular flexibility index (Phi) is 4.99. The van der Waals surface area contributed by atoms with Crippen LogP contribution in [-0.4, -0.2) is 11.8 Å². The molecule has 0 spiro atoms. The van der Waals surface area contributed by atoms with Crippen LogP contribution in [0.1, 0.15) is 65.2 Å². The van der Waals surface area contributed by atoms with Crippen LogP contribution in [0, 0.1) is 16.7 Å². The first kappa shape index (κ1) is 20.3. The number of allylic oxidation sites excluding steroid dienone is 5. The first-order chi connectivity index (χ1) is 13.0. The molecule has 0 N–H and O–H groups in total. The standard InChI is InChI=1S/C25H30O3/c1-15-13-14-19-16(2)22(25(6,7)17(3)20(19)24(15,4)5)28-23(27)21(26)18-11-9-8-10-12-18/h8-12,14-15H,13H2,1-7H3. The van der Waals surface area contributed by atoms with Gasteiger partial charge in [0.1, 0.15) is 5.76 Å². The topological polar surface area (TPSA) is 43.4 Å². The minimum atomic E-state index is -0.825. The normalized spacial score (nSPS) is 23.1. The molecule has 0 amide bonds. The van der Waals surface area contributed by atoms with Crippen molar-refractivity contribution in [1.82, 2.24) is 0 Å². The number of esters is 1. The van der Waals surface area contributed by atoms with Crippen molar-refractivity contribution >= 4 is 11.8 Å². The monoisotopic (exact) mass is 378 g/mol. The van der Waals surface area contributed by atoms with Crippen molar-refractivity contribution in [3.63, 3.8) is 0 Å². The molecule has 3 rings (SSSR count). The second-order valence-corrected chi connectivity index (χ2v) is 9.14. The van der Waals surface area contributed by atoms with Gasteiger partial charge >= 0.3 is 5.97 Å². The average Bonchev–Trinajstić information content (AvgIpc) is 2.65. The minimum absolute atomic E-state index is 0.0437. The molecule has 1 aromatic carbocycles. The van der Waals surface area contributed by atoms with Crippen molar-refractivity contribution in [2.24, 2.45) is 16.7 Å². The van der Waals surface area contributed by atoms with Gasteiger partial charge in [0.25, 0.3) is 5.78 Å². The number of ether oxygens (including phenoxy) is 1. The van der Waals surface area contributed by atoms with E-state index in [9.17, 15) is 9.59 Å². The highest BCUT2D eigenvalue weighted by Crippen LogP contribution is 2.56. The molecule has 3 nitrogen and oxygen atoms in total. The summed E-state index contributed by atoms with van der Waals surface area (Å²) in [5.41, 5.74) is 4.60. The van der Waals surface area contributed by atoms with Crippen molar-refractivity contribution in [3.05, 3.63) is 70.0 Å². The Morgan fingerprint density at radius 3 is 2.25 bits per heavy atom. The van der Waals surface area contributed by atoms with Crippen molar-refractivity contribution < 1.29 is 14.3 Å². The molecule has 1 aromatic rings. The van der Waals surface area contributed by atoms with E-state index in [-0.39, 0.29) is 5.41 Å². The van der Waals surface area contributed by atoms with E-state index in [4.69, 9.17) is 4.74 Å². The van der Waals surface area contributed by atoms with Crippen LogP contribution < -0.4 is 0 Å². The maximum Gasteiger partial charge on any atom is 0.384 e. The van der Waals surface area contributed by atoms with Gasteiger partial charge in [0, 0.05) is 11.0 Å². The molecule has 0 aromatic heterocycles. The number of benzene rings is 1. The van der Waals surface area contributed by atoms with Crippen LogP contribution in [-0.2, 0) is 9.53 Å². The summed E-state index contributed by atoms with van der Waals surface area (Å²) in [6.07, 6.45) is 3.24. The molecule has 0 heterocycles. The van der Waals surface area contributed by atoms with Gasteiger partial charge in [-0.1, -0.05) is 62.8 Å². The number of hydrogen-bond acceptors (Lipinski definition) is 3. The fraction of sp³-hybridized carbons (Fsp3) is 0.440. The predicted molar refractivity (Wildman–Crippen MR) is 112 cm³/mol. The predicted octanol–water partition coefficient (Wildman–Crippen LogP) is 6.04. The summed E-state index contributed by atoms with van der Waals surface area (Å²) in [6, 6.07) is 8.56. The molecule has 2 aliphatic carbocycles. The third-order valence-corrected chi connectivity index (χ3v) is 6.86. The Morgan fingerprint density at radius 2 is 1.64 bits per heavy atom. The van der Waals surface area contributed by atoms with Gasteiger partial charge in [-0.2, -0.15) is 0 Å². The van der Waals surface area contributed by atoms with E-state index in [1.807, 2.05) is 13.0 Å². The fourth-order valence-corrected chi connectivity index (χ4v) is 4.44. The van der Waals surface area contributed by atoms with E-state index in [2.05, 4.69) is 47.6 Å². The Balaban J connectivity index is 2.02. The van der Waals surface area contributed by atoms with Gasteiger partial charge in [0.05, 0.1) is 0 Å². The second kappa shape index (κ2) is 6.88. The molecule has 2 aliphatic rings. The van der Waals surface area contributed by atoms with Crippen LogP contribution in [0.4, 0.5) is 0 Å². The number of Topliss-reactive ketones (excluding diaryl/α,β-unsaturated/α-hetero) is 1. The van der Waals surface area contributed by atoms with E-state index in [1.165, 1.54) is 11.1 Å². The highest BCUT2D eigenvalue weighted by molar-refractivity contribution is 6.40. The number of fused-ring (bicyclic) bond motifs is 1. The molecule has 0 saturated carbocycles. The lowest BCUT2D eigenvalue weighted by atomic mass is 9.58. The first-order valence-electron chi connectivity index (χ1n) is 9.95. The van der Waals surface area contributed by atoms with Crippen LogP contribution in [0.15, 0.2) is 64.5 Å². The van der Waals surface area contributed by atoms with Gasteiger partial charge in [-0.25, -0.2) is 4.79 Å². The lowest BCUT2D eigenvalue weighted by molar-refractivity contribution is -0.135. The molecular weight excluding hydrogens is 348 g/mol. The summed E-state index contributed by atoms with van der Waals surface area (Å²) in [4.78, 5) is 25.2. The van der Waals surface area contributed by atoms with Crippen LogP contribution in [0.3, 0.4) is 0 Å². The average molecular weight is 379 g/mol. The van der Waals surface area contributed by atoms with E-state index in [0.717, 1.165) is 17.6 Å². The van der Waals surface area contributed by atoms with E-state index in [1.54, 1.807) is 24.3 Å². The van der Waals surface area contributed by atoms with Crippen LogP contribution >= 0.6 is 0 Å². The molecule has 3 heteroatoms. The van der Waals surface area contributed by atoms with Crippen LogP contribution in [0.2, 0.25) is 0 Å². The van der Waals surface area contributed by atoms with E-state index in [0.29, 0.717) is 17.2 Å². The fourth-order valence-electron chi connectivity index (χ4n) is 4.44. The SMILES string of the molecule is CC1=C(OC(=O)C(=O)c2ccccc2)C(C)(C)C(C)=C2C1=CCC(C)C2(C)C. The number of carbonyl (C=O) groups excluding carboxylic acids is 2. The molecule has 0 bridgehead atoms. The molecule has 0 saturated heterocycles. The number of rotatable bonds is 3. The van der Waals surface area contributed by atoms with Gasteiger partial charge in [-0.05, 0) is 62.2 Å². The van der Waals surface area contributed by atoms with Gasteiger partial charge in [0.15, 0.2) is 0 Å². The summed E-state index contributed by atoms with van der Waals surface area (Å²) < 4.78 is 5.77. The highest BCUT2D eigenvalue weighted by Gasteiger charge is 2.45. The third-order valence-electron chi connectivity index (χ3n) is 6.86. The van der Waals surface area contributed by atoms with Crippen molar-refractivity contribution in [3.8, 4) is 0 Å². The zero-order valence-corrected chi connectivity index (χ0v) is 18.0. The number of ketones is 1. The van der Waals surface area contributed by atoms with Gasteiger partial charge in [-0.15, -0.1) is 0 Å². The van der Waals surface area contributed by atoms with Crippen molar-refractivity contribution in [2.45, 2.75) is 54.9 Å².